The first kappa shape index (κ1) is 5.78. The van der Waals surface area contributed by atoms with Gasteiger partial charge in [-0.2, -0.15) is 4.98 Å². The summed E-state index contributed by atoms with van der Waals surface area (Å²) in [5.74, 6) is 0.611. The zero-order valence-electron chi connectivity index (χ0n) is 4.25. The van der Waals surface area contributed by atoms with Gasteiger partial charge in [-0.3, -0.25) is 0 Å². The molecule has 0 N–H and O–H groups in total. The van der Waals surface area contributed by atoms with Gasteiger partial charge < -0.3 is 4.74 Å². The molecular weight excluding hydrogens is 142 g/mol. The Morgan fingerprint density at radius 3 is 2.88 bits per heavy atom. The highest BCUT2D eigenvalue weighted by atomic mass is 32.2. The van der Waals surface area contributed by atoms with E-state index in [0.717, 1.165) is 0 Å². The smallest absolute Gasteiger partial charge is 0.225 e. The van der Waals surface area contributed by atoms with Crippen molar-refractivity contribution >= 4 is 24.0 Å². The Balaban J connectivity index is 2.84. The van der Waals surface area contributed by atoms with E-state index in [-0.39, 0.29) is 0 Å². The van der Waals surface area contributed by atoms with Gasteiger partial charge >= 0.3 is 0 Å². The number of rotatable bonds is 1. The van der Waals surface area contributed by atoms with Gasteiger partial charge in [-0.1, -0.05) is 0 Å². The summed E-state index contributed by atoms with van der Waals surface area (Å²) >= 11 is 6.13. The molecule has 0 saturated carbocycles. The summed E-state index contributed by atoms with van der Waals surface area (Å²) in [4.78, 5) is 3.84. The molecule has 0 spiro atoms. The number of hydrogen-bond donors (Lipinski definition) is 0. The Morgan fingerprint density at radius 2 is 2.62 bits per heavy atom. The predicted molar refractivity (Wildman–Crippen MR) is 34.5 cm³/mol. The number of hydrogen-bond acceptors (Lipinski definition) is 3. The average Bonchev–Trinajstić information content (AvgIpc) is 2.14. The summed E-state index contributed by atoms with van der Waals surface area (Å²) in [7, 11) is 1.57. The Labute approximate surface area is 56.9 Å². The Morgan fingerprint density at radius 1 is 1.88 bits per heavy atom. The van der Waals surface area contributed by atoms with Crippen LogP contribution in [0, 0.1) is 0 Å². The summed E-state index contributed by atoms with van der Waals surface area (Å²) in [6.07, 6.45) is 0. The fourth-order valence-electron chi connectivity index (χ4n) is 0.337. The van der Waals surface area contributed by atoms with Crippen LogP contribution in [0.3, 0.4) is 0 Å². The summed E-state index contributed by atoms with van der Waals surface area (Å²) in [5.41, 5.74) is 0. The van der Waals surface area contributed by atoms with Gasteiger partial charge in [0.05, 0.1) is 12.5 Å². The minimum Gasteiger partial charge on any atom is -0.480 e. The zero-order valence-corrected chi connectivity index (χ0v) is 5.88. The van der Waals surface area contributed by atoms with Crippen LogP contribution in [-0.2, 0) is 0 Å². The third-order valence-electron chi connectivity index (χ3n) is 0.671. The molecule has 0 unspecified atom stereocenters. The lowest BCUT2D eigenvalue weighted by atomic mass is 10.9. The highest BCUT2D eigenvalue weighted by molar-refractivity contribution is 7.82. The molecule has 0 atom stereocenters. The molecule has 1 rings (SSSR count). The van der Waals surface area contributed by atoms with Crippen LogP contribution >= 0.6 is 24.0 Å². The zero-order chi connectivity index (χ0) is 5.98. The van der Waals surface area contributed by atoms with Gasteiger partial charge in [0.25, 0.3) is 0 Å². The largest absolute Gasteiger partial charge is 0.480 e. The molecule has 0 saturated heterocycles. The van der Waals surface area contributed by atoms with Crippen LogP contribution in [0.4, 0.5) is 0 Å². The summed E-state index contributed by atoms with van der Waals surface area (Å²) in [6, 6.07) is 0. The second-order valence-corrected chi connectivity index (χ2v) is 2.66. The van der Waals surface area contributed by atoms with E-state index in [9.17, 15) is 0 Å². The molecule has 1 radical (unpaired) electrons. The van der Waals surface area contributed by atoms with Crippen molar-refractivity contribution in [2.45, 2.75) is 4.34 Å². The number of nitrogens with zero attached hydrogens (tertiary/aromatic N) is 1. The molecule has 0 aliphatic rings. The normalized spacial score (nSPS) is 9.12. The molecule has 0 aromatic carbocycles. The first-order chi connectivity index (χ1) is 3.83. The fraction of sp³-hybridized carbons (Fsp3) is 0.250. The molecule has 0 bridgehead atoms. The number of ether oxygens (including phenoxy) is 1. The van der Waals surface area contributed by atoms with E-state index >= 15 is 0 Å². The van der Waals surface area contributed by atoms with Gasteiger partial charge in [-0.05, 0) is 12.6 Å². The first-order valence-corrected chi connectivity index (χ1v) is 3.28. The lowest BCUT2D eigenvalue weighted by Gasteiger charge is -1.85. The van der Waals surface area contributed by atoms with E-state index in [0.29, 0.717) is 10.2 Å². The van der Waals surface area contributed by atoms with Crippen molar-refractivity contribution in [3.8, 4) is 5.88 Å². The van der Waals surface area contributed by atoms with Gasteiger partial charge in [-0.25, -0.2) is 0 Å². The van der Waals surface area contributed by atoms with E-state index in [1.54, 1.807) is 12.5 Å². The van der Waals surface area contributed by atoms with Crippen molar-refractivity contribution in [1.82, 2.24) is 4.98 Å². The summed E-state index contributed by atoms with van der Waals surface area (Å²) < 4.78 is 5.39. The predicted octanol–water partition coefficient (Wildman–Crippen LogP) is 1.71. The summed E-state index contributed by atoms with van der Waals surface area (Å²) in [6.45, 7) is 0. The standard InChI is InChI=1S/C4H4NOS2/c1-6-3-2-8-4(7)5-3/h2H,1H3. The molecule has 1 aromatic rings. The van der Waals surface area contributed by atoms with Crippen LogP contribution in [0.5, 0.6) is 5.88 Å². The van der Waals surface area contributed by atoms with E-state index in [1.807, 2.05) is 0 Å². The maximum atomic E-state index is 4.77. The van der Waals surface area contributed by atoms with Gasteiger partial charge in [-0.15, -0.1) is 11.3 Å². The fourth-order valence-corrected chi connectivity index (χ4v) is 1.06. The lowest BCUT2D eigenvalue weighted by molar-refractivity contribution is 0.398. The molecule has 4 heteroatoms. The quantitative estimate of drug-likeness (QED) is 0.601. The van der Waals surface area contributed by atoms with Gasteiger partial charge in [0.15, 0.2) is 4.34 Å². The maximum Gasteiger partial charge on any atom is 0.225 e. The molecule has 1 aromatic heterocycles. The van der Waals surface area contributed by atoms with Gasteiger partial charge in [0.1, 0.15) is 0 Å². The van der Waals surface area contributed by atoms with Crippen molar-refractivity contribution in [2.24, 2.45) is 0 Å². The van der Waals surface area contributed by atoms with Crippen LogP contribution in [0.25, 0.3) is 0 Å². The van der Waals surface area contributed by atoms with E-state index in [4.69, 9.17) is 17.4 Å². The minimum absolute atomic E-state index is 0.611. The Kier molecular flexibility index (Phi) is 1.65. The monoisotopic (exact) mass is 146 g/mol. The van der Waals surface area contributed by atoms with Crippen LogP contribution in [0.1, 0.15) is 0 Å². The third-order valence-corrected chi connectivity index (χ3v) is 1.66. The molecule has 43 valence electrons. The molecule has 8 heavy (non-hydrogen) atoms. The van der Waals surface area contributed by atoms with E-state index in [1.165, 1.54) is 11.3 Å². The molecule has 0 aliphatic heterocycles. The second-order valence-electron chi connectivity index (χ2n) is 1.16. The average molecular weight is 146 g/mol. The molecule has 0 aliphatic carbocycles. The van der Waals surface area contributed by atoms with Crippen molar-refractivity contribution in [3.05, 3.63) is 5.38 Å². The Hall–Kier alpha value is -0.350. The molecule has 0 fully saturated rings. The van der Waals surface area contributed by atoms with Crippen molar-refractivity contribution in [2.75, 3.05) is 7.11 Å². The van der Waals surface area contributed by atoms with Crippen LogP contribution in [0.2, 0.25) is 0 Å². The van der Waals surface area contributed by atoms with E-state index in [2.05, 4.69) is 4.98 Å². The van der Waals surface area contributed by atoms with Crippen molar-refractivity contribution in [3.63, 3.8) is 0 Å². The molecule has 2 nitrogen and oxygen atoms in total. The van der Waals surface area contributed by atoms with Gasteiger partial charge in [0, 0.05) is 0 Å². The molecule has 0 amide bonds. The maximum absolute atomic E-state index is 4.77. The van der Waals surface area contributed by atoms with Crippen LogP contribution in [0.15, 0.2) is 9.72 Å². The van der Waals surface area contributed by atoms with E-state index < -0.39 is 0 Å². The second kappa shape index (κ2) is 2.28. The third kappa shape index (κ3) is 1.08. The first-order valence-electron chi connectivity index (χ1n) is 1.99. The molecular formula is C4H4NOS2. The van der Waals surface area contributed by atoms with Crippen LogP contribution < -0.4 is 4.74 Å². The van der Waals surface area contributed by atoms with Crippen molar-refractivity contribution < 1.29 is 4.74 Å². The highest BCUT2D eigenvalue weighted by Crippen LogP contribution is 2.17. The summed E-state index contributed by atoms with van der Waals surface area (Å²) in [5, 5.41) is 1.78. The number of aromatic nitrogens is 1. The minimum atomic E-state index is 0.611. The number of methoxy groups -OCH3 is 1. The van der Waals surface area contributed by atoms with Crippen LogP contribution in [-0.4, -0.2) is 12.1 Å². The van der Waals surface area contributed by atoms with Crippen molar-refractivity contribution in [1.29, 1.82) is 0 Å². The topological polar surface area (TPSA) is 22.1 Å². The lowest BCUT2D eigenvalue weighted by Crippen LogP contribution is -1.79. The SMILES string of the molecule is COc1csc([S])n1. The highest BCUT2D eigenvalue weighted by Gasteiger charge is 1.94. The molecule has 1 heterocycles. The Bertz CT molecular complexity index is 174. The van der Waals surface area contributed by atoms with Gasteiger partial charge in [0.2, 0.25) is 5.88 Å². The number of thiazole rings is 1.